The molecule has 0 spiro atoms. The van der Waals surface area contributed by atoms with E-state index in [-0.39, 0.29) is 29.4 Å². The van der Waals surface area contributed by atoms with E-state index in [9.17, 15) is 36.4 Å². The summed E-state index contributed by atoms with van der Waals surface area (Å²) in [6.45, 7) is 2.31. The second-order valence-electron chi connectivity index (χ2n) is 7.49. The molecule has 0 atom stereocenters. The number of hydrogen-bond acceptors (Lipinski definition) is 8. The number of hydrogen-bond donors (Lipinski definition) is 2. The normalized spacial score (nSPS) is 14.3. The van der Waals surface area contributed by atoms with Crippen molar-refractivity contribution in [2.24, 2.45) is 5.73 Å². The van der Waals surface area contributed by atoms with Crippen LogP contribution in [0, 0.1) is 11.3 Å². The van der Waals surface area contributed by atoms with E-state index in [1.807, 2.05) is 15.9 Å². The van der Waals surface area contributed by atoms with Gasteiger partial charge in [0.2, 0.25) is 11.7 Å². The van der Waals surface area contributed by atoms with Gasteiger partial charge in [0.25, 0.3) is 0 Å². The van der Waals surface area contributed by atoms with Crippen LogP contribution in [0.1, 0.15) is 11.4 Å². The molecule has 3 rings (SSSR count). The van der Waals surface area contributed by atoms with E-state index in [0.29, 0.717) is 32.0 Å². The van der Waals surface area contributed by atoms with Crippen LogP contribution in [-0.4, -0.2) is 77.9 Å². The minimum absolute atomic E-state index is 0.147. The van der Waals surface area contributed by atoms with Crippen molar-refractivity contribution < 1.29 is 45.8 Å². The van der Waals surface area contributed by atoms with E-state index in [1.165, 1.54) is 19.2 Å². The maximum absolute atomic E-state index is 13.4. The largest absolute Gasteiger partial charge is 0.496 e. The Kier molecular flexibility index (Phi) is 9.23. The first-order valence-electron chi connectivity index (χ1n) is 10.3. The number of benzene rings is 1. The third-order valence-electron chi connectivity index (χ3n) is 4.93. The van der Waals surface area contributed by atoms with Gasteiger partial charge in [-0.25, -0.2) is 14.8 Å². The summed E-state index contributed by atoms with van der Waals surface area (Å²) in [5.74, 6) is -3.19. The smallest absolute Gasteiger partial charge is 0.490 e. The molecule has 1 aromatic heterocycles. The molecule has 2 heterocycles. The van der Waals surface area contributed by atoms with Gasteiger partial charge in [0.05, 0.1) is 24.9 Å². The molecule has 2 aromatic rings. The highest BCUT2D eigenvalue weighted by Gasteiger charge is 2.38. The van der Waals surface area contributed by atoms with Gasteiger partial charge in [-0.3, -0.25) is 9.69 Å². The van der Waals surface area contributed by atoms with Crippen LogP contribution in [0.15, 0.2) is 24.3 Å². The molecular formula is C21H20F6N6O4. The first kappa shape index (κ1) is 29.1. The number of alkyl halides is 6. The number of nitriles is 1. The van der Waals surface area contributed by atoms with Crippen LogP contribution in [0.5, 0.6) is 5.75 Å². The molecule has 0 radical (unpaired) electrons. The zero-order chi connectivity index (χ0) is 28.0. The summed E-state index contributed by atoms with van der Waals surface area (Å²) < 4.78 is 76.6. The van der Waals surface area contributed by atoms with Gasteiger partial charge in [0, 0.05) is 37.8 Å². The number of ether oxygens (including phenoxy) is 1. The number of halogens is 6. The number of nitrogens with zero attached hydrogens (tertiary/aromatic N) is 5. The minimum atomic E-state index is -5.08. The summed E-state index contributed by atoms with van der Waals surface area (Å²) in [7, 11) is 1.17. The Morgan fingerprint density at radius 3 is 2.16 bits per heavy atom. The lowest BCUT2D eigenvalue weighted by atomic mass is 10.1. The lowest BCUT2D eigenvalue weighted by Crippen LogP contribution is -2.49. The van der Waals surface area contributed by atoms with E-state index in [4.69, 9.17) is 20.4 Å². The van der Waals surface area contributed by atoms with Gasteiger partial charge in [-0.1, -0.05) is 0 Å². The highest BCUT2D eigenvalue weighted by atomic mass is 19.4. The van der Waals surface area contributed by atoms with Crippen molar-refractivity contribution in [1.82, 2.24) is 14.9 Å². The molecule has 200 valence electrons. The molecule has 37 heavy (non-hydrogen) atoms. The number of piperazine rings is 1. The summed E-state index contributed by atoms with van der Waals surface area (Å²) in [6.07, 6.45) is -9.69. The lowest BCUT2D eigenvalue weighted by molar-refractivity contribution is -0.192. The SMILES string of the molecule is COc1ccc(-c2cc(N3CCN(CC(N)=O)CC3)nc(C#N)n2)cc1C(F)(F)F.O=C(O)C(F)(F)F. The number of aliphatic carboxylic acids is 1. The number of nitrogens with two attached hydrogens (primary N) is 1. The topological polar surface area (TPSA) is 146 Å². The molecular weight excluding hydrogens is 514 g/mol. The molecule has 16 heteroatoms. The molecule has 1 aliphatic heterocycles. The van der Waals surface area contributed by atoms with Crippen LogP contribution < -0.4 is 15.4 Å². The number of amides is 1. The standard InChI is InChI=1S/C19H19F3N6O2.C2HF3O2/c1-30-15-3-2-12(8-13(15)19(20,21)22)14-9-18(26-17(10-23)25-14)28-6-4-27(5-7-28)11-16(24)29;3-2(4,5)1(6)7/h2-3,8-9H,4-7,11H2,1H3,(H2,24,29);(H,6,7). The van der Waals surface area contributed by atoms with Crippen molar-refractivity contribution in [2.45, 2.75) is 12.4 Å². The molecule has 1 aliphatic rings. The maximum atomic E-state index is 13.4. The number of rotatable bonds is 5. The van der Waals surface area contributed by atoms with Crippen molar-refractivity contribution in [3.05, 3.63) is 35.7 Å². The van der Waals surface area contributed by atoms with Gasteiger partial charge >= 0.3 is 18.3 Å². The number of methoxy groups -OCH3 is 1. The van der Waals surface area contributed by atoms with Gasteiger partial charge in [-0.15, -0.1) is 0 Å². The molecule has 1 aromatic carbocycles. The average Bonchev–Trinajstić information content (AvgIpc) is 2.82. The predicted molar refractivity (Wildman–Crippen MR) is 115 cm³/mol. The van der Waals surface area contributed by atoms with E-state index < -0.39 is 29.8 Å². The number of primary amides is 1. The fraction of sp³-hybridized carbons (Fsp3) is 0.381. The highest BCUT2D eigenvalue weighted by Crippen LogP contribution is 2.38. The van der Waals surface area contributed by atoms with Crippen molar-refractivity contribution in [1.29, 1.82) is 5.26 Å². The Morgan fingerprint density at radius 1 is 1.11 bits per heavy atom. The van der Waals surface area contributed by atoms with Crippen LogP contribution in [0.2, 0.25) is 0 Å². The summed E-state index contributed by atoms with van der Waals surface area (Å²) in [4.78, 5) is 32.0. The van der Waals surface area contributed by atoms with Crippen molar-refractivity contribution in [3.63, 3.8) is 0 Å². The monoisotopic (exact) mass is 534 g/mol. The predicted octanol–water partition coefficient (Wildman–Crippen LogP) is 2.28. The average molecular weight is 534 g/mol. The Labute approximate surface area is 205 Å². The van der Waals surface area contributed by atoms with Gasteiger partial charge in [0.15, 0.2) is 0 Å². The number of carboxylic acids is 1. The third-order valence-corrected chi connectivity index (χ3v) is 4.93. The molecule has 0 bridgehead atoms. The van der Waals surface area contributed by atoms with Gasteiger partial charge in [0.1, 0.15) is 17.6 Å². The molecule has 1 amide bonds. The minimum Gasteiger partial charge on any atom is -0.496 e. The summed E-state index contributed by atoms with van der Waals surface area (Å²) in [5.41, 5.74) is 4.67. The van der Waals surface area contributed by atoms with E-state index in [1.54, 1.807) is 6.07 Å². The van der Waals surface area contributed by atoms with Crippen LogP contribution in [-0.2, 0) is 15.8 Å². The molecule has 10 nitrogen and oxygen atoms in total. The van der Waals surface area contributed by atoms with E-state index >= 15 is 0 Å². The molecule has 0 aliphatic carbocycles. The molecule has 0 saturated carbocycles. The summed E-state index contributed by atoms with van der Waals surface area (Å²) in [5, 5.41) is 16.4. The summed E-state index contributed by atoms with van der Waals surface area (Å²) in [6, 6.07) is 7.01. The van der Waals surface area contributed by atoms with Crippen LogP contribution in [0.3, 0.4) is 0 Å². The Morgan fingerprint density at radius 2 is 1.70 bits per heavy atom. The second-order valence-corrected chi connectivity index (χ2v) is 7.49. The highest BCUT2D eigenvalue weighted by molar-refractivity contribution is 5.76. The van der Waals surface area contributed by atoms with Crippen LogP contribution in [0.4, 0.5) is 32.2 Å². The van der Waals surface area contributed by atoms with Crippen molar-refractivity contribution >= 4 is 17.7 Å². The van der Waals surface area contributed by atoms with E-state index in [2.05, 4.69) is 9.97 Å². The molecule has 1 fully saturated rings. The Balaban J connectivity index is 0.000000604. The van der Waals surface area contributed by atoms with Crippen molar-refractivity contribution in [2.75, 3.05) is 44.7 Å². The van der Waals surface area contributed by atoms with Crippen LogP contribution >= 0.6 is 0 Å². The second kappa shape index (κ2) is 11.7. The van der Waals surface area contributed by atoms with Gasteiger partial charge < -0.3 is 20.5 Å². The summed E-state index contributed by atoms with van der Waals surface area (Å²) >= 11 is 0. The van der Waals surface area contributed by atoms with Gasteiger partial charge in [-0.05, 0) is 18.2 Å². The van der Waals surface area contributed by atoms with Gasteiger partial charge in [-0.2, -0.15) is 31.6 Å². The zero-order valence-electron chi connectivity index (χ0n) is 19.1. The number of carbonyl (C=O) groups excluding carboxylic acids is 1. The first-order chi connectivity index (χ1) is 17.1. The molecule has 0 unspecified atom stereocenters. The molecule has 1 saturated heterocycles. The lowest BCUT2D eigenvalue weighted by Gasteiger charge is -2.34. The van der Waals surface area contributed by atoms with E-state index in [0.717, 1.165) is 6.07 Å². The fourth-order valence-corrected chi connectivity index (χ4v) is 3.24. The quantitative estimate of drug-likeness (QED) is 0.552. The van der Waals surface area contributed by atoms with Crippen LogP contribution in [0.25, 0.3) is 11.3 Å². The van der Waals surface area contributed by atoms with Crippen molar-refractivity contribution in [3.8, 4) is 23.1 Å². The fourth-order valence-electron chi connectivity index (χ4n) is 3.24. The maximum Gasteiger partial charge on any atom is 0.490 e. The number of aromatic nitrogens is 2. The number of anilines is 1. The third kappa shape index (κ3) is 8.20. The number of carboxylic acid groups (broad SMARTS) is 1. The first-order valence-corrected chi connectivity index (χ1v) is 10.3. The Hall–Kier alpha value is -4.13. The Bertz CT molecular complexity index is 1170. The zero-order valence-corrected chi connectivity index (χ0v) is 19.1. The molecule has 3 N–H and O–H groups in total. The number of carbonyl (C=O) groups is 2.